The van der Waals surface area contributed by atoms with Gasteiger partial charge in [-0.05, 0) is 52.9 Å². The van der Waals surface area contributed by atoms with E-state index in [2.05, 4.69) is 27.9 Å². The summed E-state index contributed by atoms with van der Waals surface area (Å²) in [5, 5.41) is 3.46. The van der Waals surface area contributed by atoms with Crippen LogP contribution in [-0.2, 0) is 0 Å². The summed E-state index contributed by atoms with van der Waals surface area (Å²) in [7, 11) is 3.02. The van der Waals surface area contributed by atoms with Gasteiger partial charge >= 0.3 is 0 Å². The normalized spacial score (nSPS) is 10.1. The molecule has 2 aromatic rings. The molecule has 0 fully saturated rings. The van der Waals surface area contributed by atoms with Crippen LogP contribution in [0, 0.1) is 3.57 Å². The molecule has 0 aliphatic rings. The van der Waals surface area contributed by atoms with Gasteiger partial charge in [0.05, 0.1) is 19.9 Å². The number of hydrogen-bond donors (Lipinski definition) is 1. The maximum atomic E-state index is 12.5. The first-order valence-corrected chi connectivity index (χ1v) is 7.50. The van der Waals surface area contributed by atoms with Gasteiger partial charge in [0.2, 0.25) is 0 Å². The van der Waals surface area contributed by atoms with Crippen molar-refractivity contribution in [2.24, 2.45) is 0 Å². The minimum absolute atomic E-state index is 0.301. The average molecular weight is 418 g/mol. The Labute approximate surface area is 141 Å². The molecule has 2 rings (SSSR count). The van der Waals surface area contributed by atoms with E-state index in [9.17, 15) is 4.79 Å². The van der Waals surface area contributed by atoms with E-state index < -0.39 is 0 Å². The van der Waals surface area contributed by atoms with Gasteiger partial charge in [0.25, 0.3) is 5.91 Å². The molecular weight excluding hydrogens is 405 g/mol. The first kappa shape index (κ1) is 15.9. The summed E-state index contributed by atoms with van der Waals surface area (Å²) < 4.78 is 11.3. The number of nitrogens with one attached hydrogen (secondary N) is 1. The van der Waals surface area contributed by atoms with Crippen LogP contribution in [0.3, 0.4) is 0 Å². The molecule has 0 heterocycles. The molecular formula is C15H13ClINO3. The van der Waals surface area contributed by atoms with Crippen LogP contribution in [0.5, 0.6) is 11.5 Å². The summed E-state index contributed by atoms with van der Waals surface area (Å²) in [5.41, 5.74) is 1.03. The molecule has 1 amide bonds. The number of carbonyl (C=O) groups excluding carboxylic acids is 1. The zero-order chi connectivity index (χ0) is 15.4. The second-order valence-electron chi connectivity index (χ2n) is 4.12. The number of amides is 1. The van der Waals surface area contributed by atoms with E-state index in [1.807, 2.05) is 0 Å². The molecule has 0 unspecified atom stereocenters. The van der Waals surface area contributed by atoms with Gasteiger partial charge in [-0.15, -0.1) is 0 Å². The second kappa shape index (κ2) is 7.00. The summed E-state index contributed by atoms with van der Waals surface area (Å²) in [6.45, 7) is 0. The van der Waals surface area contributed by atoms with E-state index >= 15 is 0 Å². The molecule has 1 N–H and O–H groups in total. The number of hydrogen-bond acceptors (Lipinski definition) is 3. The zero-order valence-electron chi connectivity index (χ0n) is 11.4. The van der Waals surface area contributed by atoms with Crippen molar-refractivity contribution in [3.63, 3.8) is 0 Å². The standard InChI is InChI=1S/C15H13ClINO3/c1-20-12-4-3-5-13(21-2)14(12)15(19)18-11-7-6-9(16)8-10(11)17/h3-8H,1-2H3,(H,18,19). The Morgan fingerprint density at radius 2 is 1.76 bits per heavy atom. The van der Waals surface area contributed by atoms with Crippen molar-refractivity contribution in [3.05, 3.63) is 50.6 Å². The first-order chi connectivity index (χ1) is 10.1. The Kier molecular flexibility index (Phi) is 5.30. The van der Waals surface area contributed by atoms with Crippen molar-refractivity contribution >= 4 is 45.8 Å². The molecule has 0 aliphatic carbocycles. The van der Waals surface area contributed by atoms with Crippen LogP contribution < -0.4 is 14.8 Å². The number of anilines is 1. The third-order valence-electron chi connectivity index (χ3n) is 2.83. The van der Waals surface area contributed by atoms with Crippen LogP contribution in [0.15, 0.2) is 36.4 Å². The molecule has 4 nitrogen and oxygen atoms in total. The average Bonchev–Trinajstić information content (AvgIpc) is 2.49. The highest BCUT2D eigenvalue weighted by molar-refractivity contribution is 14.1. The van der Waals surface area contributed by atoms with Crippen molar-refractivity contribution in [1.82, 2.24) is 0 Å². The monoisotopic (exact) mass is 417 g/mol. The fraction of sp³-hybridized carbons (Fsp3) is 0.133. The van der Waals surface area contributed by atoms with E-state index in [0.717, 1.165) is 3.57 Å². The van der Waals surface area contributed by atoms with Crippen LogP contribution in [0.25, 0.3) is 0 Å². The molecule has 0 radical (unpaired) electrons. The van der Waals surface area contributed by atoms with E-state index in [0.29, 0.717) is 27.8 Å². The predicted molar refractivity (Wildman–Crippen MR) is 91.7 cm³/mol. The molecule has 0 spiro atoms. The molecule has 0 saturated heterocycles. The molecule has 0 atom stereocenters. The molecule has 0 aromatic heterocycles. The lowest BCUT2D eigenvalue weighted by molar-refractivity contribution is 0.102. The van der Waals surface area contributed by atoms with Crippen molar-refractivity contribution in [2.45, 2.75) is 0 Å². The van der Waals surface area contributed by atoms with E-state index in [1.54, 1.807) is 36.4 Å². The van der Waals surface area contributed by atoms with E-state index in [1.165, 1.54) is 14.2 Å². The zero-order valence-corrected chi connectivity index (χ0v) is 14.4. The minimum Gasteiger partial charge on any atom is -0.496 e. The van der Waals surface area contributed by atoms with E-state index in [-0.39, 0.29) is 5.91 Å². The molecule has 0 aliphatic heterocycles. The number of halogens is 2. The van der Waals surface area contributed by atoms with Crippen LogP contribution in [-0.4, -0.2) is 20.1 Å². The highest BCUT2D eigenvalue weighted by Gasteiger charge is 2.19. The quantitative estimate of drug-likeness (QED) is 0.758. The van der Waals surface area contributed by atoms with Crippen molar-refractivity contribution in [1.29, 1.82) is 0 Å². The van der Waals surface area contributed by atoms with Crippen molar-refractivity contribution < 1.29 is 14.3 Å². The fourth-order valence-corrected chi connectivity index (χ4v) is 2.86. The molecule has 2 aromatic carbocycles. The smallest absolute Gasteiger partial charge is 0.263 e. The number of methoxy groups -OCH3 is 2. The SMILES string of the molecule is COc1cccc(OC)c1C(=O)Nc1ccc(Cl)cc1I. The molecule has 21 heavy (non-hydrogen) atoms. The summed E-state index contributed by atoms with van der Waals surface area (Å²) in [5.74, 6) is 0.608. The number of ether oxygens (including phenoxy) is 2. The maximum Gasteiger partial charge on any atom is 0.263 e. The lowest BCUT2D eigenvalue weighted by atomic mass is 10.1. The van der Waals surface area contributed by atoms with Gasteiger partial charge in [-0.3, -0.25) is 4.79 Å². The summed E-state index contributed by atoms with van der Waals surface area (Å²) >= 11 is 8.02. The van der Waals surface area contributed by atoms with Crippen LogP contribution in [0.4, 0.5) is 5.69 Å². The number of rotatable bonds is 4. The second-order valence-corrected chi connectivity index (χ2v) is 5.71. The minimum atomic E-state index is -0.301. The Hall–Kier alpha value is -1.47. The Balaban J connectivity index is 2.36. The first-order valence-electron chi connectivity index (χ1n) is 6.04. The molecule has 6 heteroatoms. The van der Waals surface area contributed by atoms with Gasteiger partial charge in [0.15, 0.2) is 0 Å². The number of benzene rings is 2. The fourth-order valence-electron chi connectivity index (χ4n) is 1.85. The Morgan fingerprint density at radius 1 is 1.14 bits per heavy atom. The highest BCUT2D eigenvalue weighted by Crippen LogP contribution is 2.30. The molecule has 110 valence electrons. The highest BCUT2D eigenvalue weighted by atomic mass is 127. The van der Waals surface area contributed by atoms with Crippen molar-refractivity contribution in [2.75, 3.05) is 19.5 Å². The topological polar surface area (TPSA) is 47.6 Å². The van der Waals surface area contributed by atoms with Crippen LogP contribution >= 0.6 is 34.2 Å². The summed E-state index contributed by atoms with van der Waals surface area (Å²) in [4.78, 5) is 12.5. The Bertz CT molecular complexity index is 654. The number of carbonyl (C=O) groups is 1. The third-order valence-corrected chi connectivity index (χ3v) is 3.96. The largest absolute Gasteiger partial charge is 0.496 e. The van der Waals surface area contributed by atoms with Gasteiger partial charge in [-0.1, -0.05) is 17.7 Å². The van der Waals surface area contributed by atoms with Gasteiger partial charge in [0.1, 0.15) is 17.1 Å². The van der Waals surface area contributed by atoms with Gasteiger partial charge in [-0.2, -0.15) is 0 Å². The summed E-state index contributed by atoms with van der Waals surface area (Å²) in [6, 6.07) is 10.4. The Morgan fingerprint density at radius 3 is 2.29 bits per heavy atom. The van der Waals surface area contributed by atoms with Gasteiger partial charge in [0, 0.05) is 8.59 Å². The molecule has 0 saturated carbocycles. The van der Waals surface area contributed by atoms with Crippen LogP contribution in [0.1, 0.15) is 10.4 Å². The lowest BCUT2D eigenvalue weighted by Crippen LogP contribution is -2.15. The summed E-state index contributed by atoms with van der Waals surface area (Å²) in [6.07, 6.45) is 0. The predicted octanol–water partition coefficient (Wildman–Crippen LogP) is 4.21. The third kappa shape index (κ3) is 3.59. The van der Waals surface area contributed by atoms with E-state index in [4.69, 9.17) is 21.1 Å². The van der Waals surface area contributed by atoms with Crippen LogP contribution in [0.2, 0.25) is 5.02 Å². The van der Waals surface area contributed by atoms with Crippen molar-refractivity contribution in [3.8, 4) is 11.5 Å². The lowest BCUT2D eigenvalue weighted by Gasteiger charge is -2.13. The maximum absolute atomic E-state index is 12.5. The van der Waals surface area contributed by atoms with Gasteiger partial charge < -0.3 is 14.8 Å². The molecule has 0 bridgehead atoms. The van der Waals surface area contributed by atoms with Gasteiger partial charge in [-0.25, -0.2) is 0 Å².